The normalized spacial score (nSPS) is 11.1. The molecule has 15 heavy (non-hydrogen) atoms. The first-order chi connectivity index (χ1) is 7.36. The summed E-state index contributed by atoms with van der Waals surface area (Å²) in [6.07, 6.45) is 3.16. The molecule has 1 aromatic heterocycles. The van der Waals surface area contributed by atoms with Crippen LogP contribution in [0.2, 0.25) is 0 Å². The number of hydrogen-bond donors (Lipinski definition) is 0. The molecule has 1 heterocycles. The fraction of sp³-hybridized carbons (Fsp3) is 0.385. The molecule has 0 unspecified atom stereocenters. The van der Waals surface area contributed by atoms with Crippen molar-refractivity contribution in [3.05, 3.63) is 36.0 Å². The summed E-state index contributed by atoms with van der Waals surface area (Å²) in [5.74, 6) is 0. The minimum Gasteiger partial charge on any atom is -0.361 e. The Kier molecular flexibility index (Phi) is 3.07. The molecular weight excluding hydrogens is 186 g/mol. The summed E-state index contributed by atoms with van der Waals surface area (Å²) in [6.45, 7) is 5.62. The van der Waals surface area contributed by atoms with Gasteiger partial charge < -0.3 is 9.30 Å². The fourth-order valence-corrected chi connectivity index (χ4v) is 1.92. The van der Waals surface area contributed by atoms with Crippen LogP contribution < -0.4 is 0 Å². The Balaban J connectivity index is 2.46. The van der Waals surface area contributed by atoms with Gasteiger partial charge in [-0.2, -0.15) is 0 Å². The van der Waals surface area contributed by atoms with E-state index in [4.69, 9.17) is 4.74 Å². The smallest absolute Gasteiger partial charge is 0.122 e. The third kappa shape index (κ3) is 1.90. The zero-order valence-corrected chi connectivity index (χ0v) is 9.36. The fourth-order valence-electron chi connectivity index (χ4n) is 1.92. The molecule has 0 N–H and O–H groups in total. The Morgan fingerprint density at radius 3 is 2.80 bits per heavy atom. The lowest BCUT2D eigenvalue weighted by Crippen LogP contribution is -2.01. The van der Waals surface area contributed by atoms with Crippen molar-refractivity contribution in [3.8, 4) is 0 Å². The van der Waals surface area contributed by atoms with Gasteiger partial charge >= 0.3 is 0 Å². The molecular formula is C13H17NO. The van der Waals surface area contributed by atoms with E-state index >= 15 is 0 Å². The summed E-state index contributed by atoms with van der Waals surface area (Å²) in [5.41, 5.74) is 2.70. The summed E-state index contributed by atoms with van der Waals surface area (Å²) in [7, 11) is 0. The lowest BCUT2D eigenvalue weighted by molar-refractivity contribution is 0.0908. The van der Waals surface area contributed by atoms with Gasteiger partial charge in [-0.15, -0.1) is 0 Å². The number of hydrogen-bond acceptors (Lipinski definition) is 1. The number of rotatable bonds is 4. The van der Waals surface area contributed by atoms with Crippen molar-refractivity contribution in [1.82, 2.24) is 4.57 Å². The molecule has 1 aromatic carbocycles. The van der Waals surface area contributed by atoms with E-state index in [2.05, 4.69) is 42.0 Å². The first kappa shape index (κ1) is 10.2. The third-order valence-electron chi connectivity index (χ3n) is 2.69. The molecule has 0 aliphatic rings. The number of para-hydroxylation sites is 1. The predicted octanol–water partition coefficient (Wildman–Crippen LogP) is 3.20. The molecule has 0 bridgehead atoms. The molecule has 0 saturated carbocycles. The average Bonchev–Trinajstić information content (AvgIpc) is 2.69. The second-order valence-electron chi connectivity index (χ2n) is 3.62. The summed E-state index contributed by atoms with van der Waals surface area (Å²) >= 11 is 0. The van der Waals surface area contributed by atoms with Gasteiger partial charge in [-0.25, -0.2) is 0 Å². The second-order valence-corrected chi connectivity index (χ2v) is 3.62. The van der Waals surface area contributed by atoms with Crippen LogP contribution in [0.5, 0.6) is 0 Å². The van der Waals surface area contributed by atoms with E-state index in [1.807, 2.05) is 6.92 Å². The van der Waals surface area contributed by atoms with Crippen LogP contribution in [0.4, 0.5) is 0 Å². The minimum absolute atomic E-state index is 0.650. The second kappa shape index (κ2) is 4.49. The van der Waals surface area contributed by atoms with Crippen LogP contribution >= 0.6 is 0 Å². The summed E-state index contributed by atoms with van der Waals surface area (Å²) < 4.78 is 7.63. The van der Waals surface area contributed by atoms with E-state index in [1.54, 1.807) is 0 Å². The maximum Gasteiger partial charge on any atom is 0.122 e. The third-order valence-corrected chi connectivity index (χ3v) is 2.69. The highest BCUT2D eigenvalue weighted by Crippen LogP contribution is 2.20. The lowest BCUT2D eigenvalue weighted by atomic mass is 10.1. The van der Waals surface area contributed by atoms with E-state index in [0.29, 0.717) is 6.73 Å². The molecule has 2 aromatic rings. The van der Waals surface area contributed by atoms with Gasteiger partial charge in [0.15, 0.2) is 0 Å². The highest BCUT2D eigenvalue weighted by molar-refractivity contribution is 5.83. The van der Waals surface area contributed by atoms with Crippen molar-refractivity contribution in [1.29, 1.82) is 0 Å². The van der Waals surface area contributed by atoms with E-state index in [0.717, 1.165) is 13.0 Å². The topological polar surface area (TPSA) is 14.2 Å². The van der Waals surface area contributed by atoms with Crippen LogP contribution in [0.3, 0.4) is 0 Å². The maximum atomic E-state index is 5.45. The summed E-state index contributed by atoms with van der Waals surface area (Å²) in [6, 6.07) is 8.60. The van der Waals surface area contributed by atoms with Crippen molar-refractivity contribution in [3.63, 3.8) is 0 Å². The molecule has 2 rings (SSSR count). The van der Waals surface area contributed by atoms with E-state index in [-0.39, 0.29) is 0 Å². The first-order valence-electron chi connectivity index (χ1n) is 5.51. The van der Waals surface area contributed by atoms with Crippen LogP contribution in [-0.2, 0) is 17.9 Å². The molecule has 2 heteroatoms. The van der Waals surface area contributed by atoms with Crippen LogP contribution in [0.1, 0.15) is 19.4 Å². The number of nitrogens with zero attached hydrogens (tertiary/aromatic N) is 1. The number of aryl methyl sites for hydroxylation is 1. The maximum absolute atomic E-state index is 5.45. The lowest BCUT2D eigenvalue weighted by Gasteiger charge is -2.08. The largest absolute Gasteiger partial charge is 0.361 e. The number of aromatic nitrogens is 1. The Morgan fingerprint density at radius 1 is 1.20 bits per heavy atom. The molecule has 0 radical (unpaired) electrons. The summed E-state index contributed by atoms with van der Waals surface area (Å²) in [4.78, 5) is 0. The Labute approximate surface area is 90.5 Å². The van der Waals surface area contributed by atoms with E-state index in [9.17, 15) is 0 Å². The highest BCUT2D eigenvalue weighted by Gasteiger charge is 2.04. The first-order valence-corrected chi connectivity index (χ1v) is 5.51. The minimum atomic E-state index is 0.650. The van der Waals surface area contributed by atoms with Crippen LogP contribution in [0, 0.1) is 0 Å². The van der Waals surface area contributed by atoms with Crippen molar-refractivity contribution in [2.45, 2.75) is 27.0 Å². The number of fused-ring (bicyclic) bond motifs is 1. The molecule has 0 saturated heterocycles. The van der Waals surface area contributed by atoms with Gasteiger partial charge in [-0.1, -0.05) is 25.1 Å². The molecule has 0 aliphatic heterocycles. The van der Waals surface area contributed by atoms with Gasteiger partial charge in [0.1, 0.15) is 6.73 Å². The highest BCUT2D eigenvalue weighted by atomic mass is 16.5. The van der Waals surface area contributed by atoms with E-state index < -0.39 is 0 Å². The van der Waals surface area contributed by atoms with Gasteiger partial charge in [0.2, 0.25) is 0 Å². The SMILES string of the molecule is CCOCn1ccc2cccc(CC)c21. The molecule has 0 amide bonds. The van der Waals surface area contributed by atoms with Crippen molar-refractivity contribution < 1.29 is 4.74 Å². The Bertz CT molecular complexity index is 445. The van der Waals surface area contributed by atoms with Gasteiger partial charge in [0.25, 0.3) is 0 Å². The van der Waals surface area contributed by atoms with Crippen LogP contribution in [0.25, 0.3) is 10.9 Å². The van der Waals surface area contributed by atoms with Crippen molar-refractivity contribution in [2.75, 3.05) is 6.61 Å². The molecule has 0 spiro atoms. The molecule has 80 valence electrons. The van der Waals surface area contributed by atoms with E-state index in [1.165, 1.54) is 16.5 Å². The Hall–Kier alpha value is -1.28. The zero-order valence-electron chi connectivity index (χ0n) is 9.36. The monoisotopic (exact) mass is 203 g/mol. The van der Waals surface area contributed by atoms with Crippen molar-refractivity contribution >= 4 is 10.9 Å². The van der Waals surface area contributed by atoms with Crippen LogP contribution in [-0.4, -0.2) is 11.2 Å². The standard InChI is InChI=1S/C13H17NO/c1-3-11-6-5-7-12-8-9-14(13(11)12)10-15-4-2/h5-9H,3-4,10H2,1-2H3. The summed E-state index contributed by atoms with van der Waals surface area (Å²) in [5, 5.41) is 1.30. The van der Waals surface area contributed by atoms with Gasteiger partial charge in [0.05, 0.1) is 5.52 Å². The molecule has 0 atom stereocenters. The molecule has 0 aliphatic carbocycles. The van der Waals surface area contributed by atoms with Gasteiger partial charge in [0, 0.05) is 12.8 Å². The van der Waals surface area contributed by atoms with Crippen molar-refractivity contribution in [2.24, 2.45) is 0 Å². The quantitative estimate of drug-likeness (QED) is 0.744. The molecule has 0 fully saturated rings. The van der Waals surface area contributed by atoms with Gasteiger partial charge in [-0.3, -0.25) is 0 Å². The predicted molar refractivity (Wildman–Crippen MR) is 62.9 cm³/mol. The Morgan fingerprint density at radius 2 is 2.07 bits per heavy atom. The zero-order chi connectivity index (χ0) is 10.7. The number of ether oxygens (including phenoxy) is 1. The molecule has 2 nitrogen and oxygen atoms in total. The average molecular weight is 203 g/mol. The number of benzene rings is 1. The van der Waals surface area contributed by atoms with Crippen LogP contribution in [0.15, 0.2) is 30.5 Å². The van der Waals surface area contributed by atoms with Gasteiger partial charge in [-0.05, 0) is 30.4 Å².